The van der Waals surface area contributed by atoms with Gasteiger partial charge >= 0.3 is 0 Å². The van der Waals surface area contributed by atoms with Gasteiger partial charge in [-0.2, -0.15) is 0 Å². The number of carbonyl (C=O) groups excluding carboxylic acids is 2. The average Bonchev–Trinajstić information content (AvgIpc) is 2.96. The van der Waals surface area contributed by atoms with Crippen LogP contribution in [-0.2, 0) is 4.79 Å². The highest BCUT2D eigenvalue weighted by Crippen LogP contribution is 2.32. The number of imide groups is 1. The van der Waals surface area contributed by atoms with E-state index in [0.29, 0.717) is 22.3 Å². The number of thioether (sulfide) groups is 1. The molecular formula is C21H20ClNO4S. The van der Waals surface area contributed by atoms with E-state index in [1.165, 1.54) is 4.90 Å². The van der Waals surface area contributed by atoms with Gasteiger partial charge in [0.25, 0.3) is 11.1 Å². The maximum absolute atomic E-state index is 12.5. The van der Waals surface area contributed by atoms with Crippen molar-refractivity contribution in [3.05, 3.63) is 64.0 Å². The summed E-state index contributed by atoms with van der Waals surface area (Å²) < 4.78 is 11.1. The zero-order valence-corrected chi connectivity index (χ0v) is 17.0. The van der Waals surface area contributed by atoms with E-state index < -0.39 is 0 Å². The van der Waals surface area contributed by atoms with Crippen molar-refractivity contribution in [3.8, 4) is 11.5 Å². The summed E-state index contributed by atoms with van der Waals surface area (Å²) in [6, 6.07) is 14.5. The van der Waals surface area contributed by atoms with Crippen LogP contribution in [0.2, 0.25) is 5.02 Å². The van der Waals surface area contributed by atoms with Crippen molar-refractivity contribution < 1.29 is 19.1 Å². The Bertz CT molecular complexity index is 882. The van der Waals surface area contributed by atoms with Crippen LogP contribution in [0.25, 0.3) is 6.08 Å². The van der Waals surface area contributed by atoms with Gasteiger partial charge in [-0.05, 0) is 54.1 Å². The third kappa shape index (κ3) is 5.09. The van der Waals surface area contributed by atoms with Crippen molar-refractivity contribution in [3.63, 3.8) is 0 Å². The lowest BCUT2D eigenvalue weighted by Crippen LogP contribution is -2.32. The number of benzene rings is 2. The molecule has 7 heteroatoms. The molecule has 0 spiro atoms. The maximum Gasteiger partial charge on any atom is 0.293 e. The molecule has 0 N–H and O–H groups in total. The van der Waals surface area contributed by atoms with E-state index in [9.17, 15) is 9.59 Å². The molecule has 1 saturated heterocycles. The molecule has 1 aliphatic heterocycles. The predicted molar refractivity (Wildman–Crippen MR) is 112 cm³/mol. The molecule has 1 aliphatic rings. The minimum Gasteiger partial charge on any atom is -0.494 e. The summed E-state index contributed by atoms with van der Waals surface area (Å²) in [7, 11) is 0. The first kappa shape index (κ1) is 20.3. The third-order valence-corrected chi connectivity index (χ3v) is 5.15. The summed E-state index contributed by atoms with van der Waals surface area (Å²) in [5, 5.41) is 0.185. The van der Waals surface area contributed by atoms with Gasteiger partial charge in [-0.1, -0.05) is 42.8 Å². The zero-order chi connectivity index (χ0) is 19.9. The molecule has 28 heavy (non-hydrogen) atoms. The summed E-state index contributed by atoms with van der Waals surface area (Å²) in [6.07, 6.45) is 2.65. The number of hydrogen-bond acceptors (Lipinski definition) is 5. The van der Waals surface area contributed by atoms with Gasteiger partial charge in [-0.3, -0.25) is 14.5 Å². The van der Waals surface area contributed by atoms with Crippen LogP contribution in [0.1, 0.15) is 18.9 Å². The summed E-state index contributed by atoms with van der Waals surface area (Å²) in [5.74, 6) is 0.991. The van der Waals surface area contributed by atoms with Crippen LogP contribution >= 0.6 is 23.4 Å². The number of rotatable bonds is 8. The molecule has 1 fully saturated rings. The van der Waals surface area contributed by atoms with Crippen molar-refractivity contribution in [1.29, 1.82) is 0 Å². The monoisotopic (exact) mass is 417 g/mol. The van der Waals surface area contributed by atoms with Crippen molar-refractivity contribution in [1.82, 2.24) is 4.90 Å². The number of hydrogen-bond donors (Lipinski definition) is 0. The molecule has 0 aliphatic carbocycles. The third-order valence-electron chi connectivity index (χ3n) is 3.93. The van der Waals surface area contributed by atoms with Crippen LogP contribution in [0.3, 0.4) is 0 Å². The first-order chi connectivity index (χ1) is 13.6. The number of halogens is 1. The zero-order valence-electron chi connectivity index (χ0n) is 15.4. The molecule has 0 radical (unpaired) electrons. The second kappa shape index (κ2) is 9.66. The van der Waals surface area contributed by atoms with Crippen LogP contribution in [0, 0.1) is 0 Å². The van der Waals surface area contributed by atoms with Crippen LogP contribution < -0.4 is 9.47 Å². The van der Waals surface area contributed by atoms with Crippen LogP contribution in [-0.4, -0.2) is 35.8 Å². The second-order valence-corrected chi connectivity index (χ2v) is 7.43. The van der Waals surface area contributed by atoms with E-state index in [1.807, 2.05) is 37.3 Å². The lowest BCUT2D eigenvalue weighted by atomic mass is 10.2. The number of para-hydroxylation sites is 1. The number of ether oxygens (including phenoxy) is 2. The highest BCUT2D eigenvalue weighted by molar-refractivity contribution is 8.18. The molecular weight excluding hydrogens is 398 g/mol. The van der Waals surface area contributed by atoms with Crippen LogP contribution in [0.4, 0.5) is 4.79 Å². The first-order valence-corrected chi connectivity index (χ1v) is 10.1. The van der Waals surface area contributed by atoms with E-state index in [4.69, 9.17) is 21.1 Å². The van der Waals surface area contributed by atoms with Gasteiger partial charge < -0.3 is 9.47 Å². The quantitative estimate of drug-likeness (QED) is 0.549. The maximum atomic E-state index is 12.5. The molecule has 3 rings (SSSR count). The summed E-state index contributed by atoms with van der Waals surface area (Å²) >= 11 is 6.96. The average molecular weight is 418 g/mol. The van der Waals surface area contributed by atoms with E-state index in [0.717, 1.165) is 29.5 Å². The lowest BCUT2D eigenvalue weighted by Gasteiger charge is -2.13. The Hall–Kier alpha value is -2.44. The van der Waals surface area contributed by atoms with E-state index in [1.54, 1.807) is 24.3 Å². The Kier molecular flexibility index (Phi) is 7.01. The Balaban J connectivity index is 1.59. The lowest BCUT2D eigenvalue weighted by molar-refractivity contribution is -0.123. The number of carbonyl (C=O) groups is 2. The van der Waals surface area contributed by atoms with Gasteiger partial charge in [0.1, 0.15) is 18.1 Å². The molecule has 0 saturated carbocycles. The SMILES string of the molecule is CCCOc1ccc(/C=C2\SC(=O)N(CCOc3ccccc3Cl)C2=O)cc1. The highest BCUT2D eigenvalue weighted by atomic mass is 35.5. The summed E-state index contributed by atoms with van der Waals surface area (Å²) in [6.45, 7) is 3.05. The fourth-order valence-corrected chi connectivity index (χ4v) is 3.59. The van der Waals surface area contributed by atoms with Crippen molar-refractivity contribution >= 4 is 40.6 Å². The fourth-order valence-electron chi connectivity index (χ4n) is 2.53. The number of amides is 2. The smallest absolute Gasteiger partial charge is 0.293 e. The highest BCUT2D eigenvalue weighted by Gasteiger charge is 2.34. The van der Waals surface area contributed by atoms with Crippen LogP contribution in [0.15, 0.2) is 53.4 Å². The minimum atomic E-state index is -0.316. The fraction of sp³-hybridized carbons (Fsp3) is 0.238. The molecule has 2 amide bonds. The topological polar surface area (TPSA) is 55.8 Å². The normalized spacial score (nSPS) is 15.4. The summed E-state index contributed by atoms with van der Waals surface area (Å²) in [4.78, 5) is 26.3. The summed E-state index contributed by atoms with van der Waals surface area (Å²) in [5.41, 5.74) is 0.835. The largest absolute Gasteiger partial charge is 0.494 e. The minimum absolute atomic E-state index is 0.164. The van der Waals surface area contributed by atoms with Crippen molar-refractivity contribution in [2.45, 2.75) is 13.3 Å². The van der Waals surface area contributed by atoms with Gasteiger partial charge in [0, 0.05) is 0 Å². The molecule has 0 unspecified atom stereocenters. The number of nitrogens with zero attached hydrogens (tertiary/aromatic N) is 1. The molecule has 5 nitrogen and oxygen atoms in total. The van der Waals surface area contributed by atoms with Crippen molar-refractivity contribution in [2.75, 3.05) is 19.8 Å². The van der Waals surface area contributed by atoms with Crippen molar-refractivity contribution in [2.24, 2.45) is 0 Å². The molecule has 0 aromatic heterocycles. The molecule has 2 aromatic carbocycles. The Labute approximate surface area is 173 Å². The van der Waals surface area contributed by atoms with E-state index >= 15 is 0 Å². The molecule has 0 atom stereocenters. The Morgan fingerprint density at radius 1 is 1.04 bits per heavy atom. The molecule has 1 heterocycles. The van der Waals surface area contributed by atoms with Gasteiger partial charge in [0.15, 0.2) is 0 Å². The molecule has 146 valence electrons. The molecule has 0 bridgehead atoms. The Morgan fingerprint density at radius 3 is 2.50 bits per heavy atom. The van der Waals surface area contributed by atoms with Gasteiger partial charge in [0.05, 0.1) is 23.1 Å². The van der Waals surface area contributed by atoms with Gasteiger partial charge in [-0.15, -0.1) is 0 Å². The first-order valence-electron chi connectivity index (χ1n) is 8.94. The van der Waals surface area contributed by atoms with Crippen LogP contribution in [0.5, 0.6) is 11.5 Å². The second-order valence-electron chi connectivity index (χ2n) is 6.03. The van der Waals surface area contributed by atoms with Gasteiger partial charge in [0.2, 0.25) is 0 Å². The van der Waals surface area contributed by atoms with E-state index in [2.05, 4.69) is 0 Å². The predicted octanol–water partition coefficient (Wildman–Crippen LogP) is 5.24. The standard InChI is InChI=1S/C21H20ClNO4S/c1-2-12-26-16-9-7-15(8-10-16)14-19-20(24)23(21(25)28-19)11-13-27-18-6-4-3-5-17(18)22/h3-10,14H,2,11-13H2,1H3/b19-14-. The molecule has 2 aromatic rings. The van der Waals surface area contributed by atoms with Gasteiger partial charge in [-0.25, -0.2) is 0 Å². The van der Waals surface area contributed by atoms with E-state index in [-0.39, 0.29) is 24.3 Å². The Morgan fingerprint density at radius 2 is 1.79 bits per heavy atom.